The average Bonchev–Trinajstić information content (AvgIpc) is 2.88. The minimum absolute atomic E-state index is 0.231. The normalized spacial score (nSPS) is 11.4. The predicted octanol–water partition coefficient (Wildman–Crippen LogP) is 2.26. The molecule has 0 unspecified atom stereocenters. The molecular formula is C14H14F3N3O. The van der Waals surface area contributed by atoms with Crippen LogP contribution < -0.4 is 5.32 Å². The molecule has 0 atom stereocenters. The van der Waals surface area contributed by atoms with E-state index in [1.807, 2.05) is 30.3 Å². The summed E-state index contributed by atoms with van der Waals surface area (Å²) in [5, 5.41) is 5.97. The van der Waals surface area contributed by atoms with E-state index in [-0.39, 0.29) is 12.5 Å². The van der Waals surface area contributed by atoms with Crippen LogP contribution in [0.2, 0.25) is 0 Å². The summed E-state index contributed by atoms with van der Waals surface area (Å²) >= 11 is 0. The lowest BCUT2D eigenvalue weighted by Gasteiger charge is -2.06. The Morgan fingerprint density at radius 3 is 2.52 bits per heavy atom. The smallest absolute Gasteiger partial charge is 0.354 e. The molecular weight excluding hydrogens is 283 g/mol. The topological polar surface area (TPSA) is 46.9 Å². The third-order valence-electron chi connectivity index (χ3n) is 2.82. The Balaban J connectivity index is 1.78. The number of hydrogen-bond acceptors (Lipinski definition) is 2. The molecule has 0 aliphatic rings. The Bertz CT molecular complexity index is 593. The zero-order valence-electron chi connectivity index (χ0n) is 11.1. The Morgan fingerprint density at radius 1 is 1.19 bits per heavy atom. The van der Waals surface area contributed by atoms with Crippen LogP contribution in [-0.4, -0.2) is 22.2 Å². The average molecular weight is 297 g/mol. The Morgan fingerprint density at radius 2 is 1.90 bits per heavy atom. The lowest BCUT2D eigenvalue weighted by Crippen LogP contribution is -2.29. The molecule has 1 aromatic heterocycles. The van der Waals surface area contributed by atoms with Crippen molar-refractivity contribution in [3.63, 3.8) is 0 Å². The number of nitrogens with zero attached hydrogens (tertiary/aromatic N) is 2. The predicted molar refractivity (Wildman–Crippen MR) is 70.4 cm³/mol. The molecule has 0 saturated heterocycles. The summed E-state index contributed by atoms with van der Waals surface area (Å²) in [7, 11) is 0. The molecule has 0 saturated carbocycles. The second kappa shape index (κ2) is 6.43. The Hall–Kier alpha value is -2.31. The third-order valence-corrected chi connectivity index (χ3v) is 2.82. The molecule has 0 aliphatic carbocycles. The summed E-state index contributed by atoms with van der Waals surface area (Å²) in [6.45, 7) is 0.196. The van der Waals surface area contributed by atoms with Crippen molar-refractivity contribution in [2.75, 3.05) is 6.54 Å². The highest BCUT2D eigenvalue weighted by Crippen LogP contribution is 2.27. The summed E-state index contributed by atoms with van der Waals surface area (Å²) in [4.78, 5) is 11.6. The number of benzene rings is 1. The molecule has 1 heterocycles. The van der Waals surface area contributed by atoms with Crippen LogP contribution in [-0.2, 0) is 23.9 Å². The van der Waals surface area contributed by atoms with Gasteiger partial charge in [-0.05, 0) is 18.1 Å². The van der Waals surface area contributed by atoms with Gasteiger partial charge in [0.15, 0.2) is 5.69 Å². The van der Waals surface area contributed by atoms with Gasteiger partial charge >= 0.3 is 6.18 Å². The highest BCUT2D eigenvalue weighted by molar-refractivity contribution is 5.75. The lowest BCUT2D eigenvalue weighted by atomic mass is 10.1. The first-order valence-corrected chi connectivity index (χ1v) is 6.36. The van der Waals surface area contributed by atoms with Crippen LogP contribution in [0.5, 0.6) is 0 Å². The van der Waals surface area contributed by atoms with Gasteiger partial charge in [0.2, 0.25) is 5.91 Å². The summed E-state index contributed by atoms with van der Waals surface area (Å²) in [6, 6.07) is 10.4. The molecule has 4 nitrogen and oxygen atoms in total. The molecule has 112 valence electrons. The van der Waals surface area contributed by atoms with Crippen molar-refractivity contribution < 1.29 is 18.0 Å². The maximum Gasteiger partial charge on any atom is 0.435 e. The number of carbonyl (C=O) groups excluding carboxylic acids is 1. The summed E-state index contributed by atoms with van der Waals surface area (Å²) in [5.74, 6) is -0.372. The SMILES string of the molecule is O=C(Cn1ccc(C(F)(F)F)n1)NCCc1ccccc1. The Labute approximate surface area is 119 Å². The number of hydrogen-bond donors (Lipinski definition) is 1. The van der Waals surface area contributed by atoms with Gasteiger partial charge in [0.1, 0.15) is 6.54 Å². The maximum absolute atomic E-state index is 12.4. The first-order valence-electron chi connectivity index (χ1n) is 6.36. The van der Waals surface area contributed by atoms with Gasteiger partial charge in [-0.15, -0.1) is 0 Å². The van der Waals surface area contributed by atoms with E-state index in [1.54, 1.807) is 0 Å². The molecule has 0 bridgehead atoms. The minimum atomic E-state index is -4.49. The second-order valence-corrected chi connectivity index (χ2v) is 4.48. The van der Waals surface area contributed by atoms with Gasteiger partial charge in [0.05, 0.1) is 0 Å². The number of nitrogens with one attached hydrogen (secondary N) is 1. The van der Waals surface area contributed by atoms with Crippen molar-refractivity contribution in [1.82, 2.24) is 15.1 Å². The fourth-order valence-electron chi connectivity index (χ4n) is 1.79. The zero-order chi connectivity index (χ0) is 15.3. The van der Waals surface area contributed by atoms with Gasteiger partial charge in [-0.2, -0.15) is 18.3 Å². The standard InChI is InChI=1S/C14H14F3N3O/c15-14(16,17)12-7-9-20(19-12)10-13(21)18-8-6-11-4-2-1-3-5-11/h1-5,7,9H,6,8,10H2,(H,18,21). The van der Waals surface area contributed by atoms with Gasteiger partial charge in [0.25, 0.3) is 0 Å². The summed E-state index contributed by atoms with van der Waals surface area (Å²) in [5.41, 5.74) is 0.0795. The Kier molecular flexibility index (Phi) is 4.62. The first-order chi connectivity index (χ1) is 9.95. The number of alkyl halides is 3. The van der Waals surface area contributed by atoms with E-state index >= 15 is 0 Å². The largest absolute Gasteiger partial charge is 0.435 e. The highest BCUT2D eigenvalue weighted by atomic mass is 19.4. The van der Waals surface area contributed by atoms with Crippen LogP contribution in [0.4, 0.5) is 13.2 Å². The highest BCUT2D eigenvalue weighted by Gasteiger charge is 2.33. The number of carbonyl (C=O) groups is 1. The molecule has 1 N–H and O–H groups in total. The molecule has 0 fully saturated rings. The van der Waals surface area contributed by atoms with Crippen LogP contribution in [0.15, 0.2) is 42.6 Å². The van der Waals surface area contributed by atoms with Crippen LogP contribution in [0.25, 0.3) is 0 Å². The van der Waals surface area contributed by atoms with E-state index in [4.69, 9.17) is 0 Å². The molecule has 2 aromatic rings. The zero-order valence-corrected chi connectivity index (χ0v) is 11.1. The number of amides is 1. The third kappa shape index (κ3) is 4.62. The van der Waals surface area contributed by atoms with E-state index in [0.29, 0.717) is 13.0 Å². The van der Waals surface area contributed by atoms with Crippen LogP contribution in [0.1, 0.15) is 11.3 Å². The molecule has 0 spiro atoms. The number of rotatable bonds is 5. The number of aromatic nitrogens is 2. The summed E-state index contributed by atoms with van der Waals surface area (Å²) < 4.78 is 38.0. The maximum atomic E-state index is 12.4. The molecule has 21 heavy (non-hydrogen) atoms. The molecule has 2 rings (SSSR count). The van der Waals surface area contributed by atoms with E-state index in [2.05, 4.69) is 10.4 Å². The van der Waals surface area contributed by atoms with Crippen molar-refractivity contribution in [3.8, 4) is 0 Å². The van der Waals surface area contributed by atoms with Gasteiger partial charge in [-0.1, -0.05) is 30.3 Å². The van der Waals surface area contributed by atoms with E-state index < -0.39 is 11.9 Å². The molecule has 0 aliphatic heterocycles. The molecule has 1 amide bonds. The van der Waals surface area contributed by atoms with Gasteiger partial charge in [-0.3, -0.25) is 9.48 Å². The first kappa shape index (κ1) is 15.1. The number of halogens is 3. The minimum Gasteiger partial charge on any atom is -0.354 e. The fraction of sp³-hybridized carbons (Fsp3) is 0.286. The lowest BCUT2D eigenvalue weighted by molar-refractivity contribution is -0.141. The van der Waals surface area contributed by atoms with Crippen molar-refractivity contribution >= 4 is 5.91 Å². The van der Waals surface area contributed by atoms with Gasteiger partial charge < -0.3 is 5.32 Å². The van der Waals surface area contributed by atoms with Crippen molar-refractivity contribution in [2.45, 2.75) is 19.1 Å². The summed E-state index contributed by atoms with van der Waals surface area (Å²) in [6.07, 6.45) is -2.69. The van der Waals surface area contributed by atoms with E-state index in [1.165, 1.54) is 0 Å². The van der Waals surface area contributed by atoms with Crippen LogP contribution >= 0.6 is 0 Å². The quantitative estimate of drug-likeness (QED) is 0.920. The van der Waals surface area contributed by atoms with Gasteiger partial charge in [0, 0.05) is 12.7 Å². The molecule has 7 heteroatoms. The van der Waals surface area contributed by atoms with Crippen molar-refractivity contribution in [2.24, 2.45) is 0 Å². The van der Waals surface area contributed by atoms with Crippen molar-refractivity contribution in [1.29, 1.82) is 0 Å². The van der Waals surface area contributed by atoms with Crippen LogP contribution in [0.3, 0.4) is 0 Å². The van der Waals surface area contributed by atoms with E-state index in [9.17, 15) is 18.0 Å². The van der Waals surface area contributed by atoms with Crippen LogP contribution in [0, 0.1) is 0 Å². The van der Waals surface area contributed by atoms with Gasteiger partial charge in [-0.25, -0.2) is 0 Å². The fourth-order valence-corrected chi connectivity index (χ4v) is 1.79. The molecule has 1 aromatic carbocycles. The monoisotopic (exact) mass is 297 g/mol. The van der Waals surface area contributed by atoms with Crippen molar-refractivity contribution in [3.05, 3.63) is 53.9 Å². The second-order valence-electron chi connectivity index (χ2n) is 4.48. The molecule has 0 radical (unpaired) electrons. The van der Waals surface area contributed by atoms with E-state index in [0.717, 1.165) is 22.5 Å².